The lowest BCUT2D eigenvalue weighted by Crippen LogP contribution is -2.29. The largest absolute Gasteiger partial charge is 0.475 e. The third kappa shape index (κ3) is 3.77. The van der Waals surface area contributed by atoms with Gasteiger partial charge in [0.1, 0.15) is 5.58 Å². The molecule has 1 heterocycles. The quantitative estimate of drug-likeness (QED) is 0.677. The number of carbonyl (C=O) groups excluding carboxylic acids is 1. The first-order valence-electron chi connectivity index (χ1n) is 8.57. The number of fused-ring (bicyclic) bond motifs is 1. The van der Waals surface area contributed by atoms with Crippen LogP contribution in [0.15, 0.2) is 59.0 Å². The molecule has 26 heavy (non-hydrogen) atoms. The Balaban J connectivity index is 1.92. The monoisotopic (exact) mass is 351 g/mol. The predicted octanol–water partition coefficient (Wildman–Crippen LogP) is 4.65. The molecule has 0 aliphatic heterocycles. The number of carboxylic acid groups (broad SMARTS) is 1. The molecule has 0 aliphatic rings. The molecule has 0 spiro atoms. The van der Waals surface area contributed by atoms with Gasteiger partial charge in [-0.2, -0.15) is 0 Å². The second-order valence-corrected chi connectivity index (χ2v) is 6.71. The van der Waals surface area contributed by atoms with Crippen molar-refractivity contribution in [1.82, 2.24) is 5.32 Å². The van der Waals surface area contributed by atoms with Crippen molar-refractivity contribution in [3.8, 4) is 0 Å². The number of furan rings is 1. The van der Waals surface area contributed by atoms with Crippen molar-refractivity contribution >= 4 is 22.8 Å². The van der Waals surface area contributed by atoms with E-state index in [0.29, 0.717) is 22.5 Å². The van der Waals surface area contributed by atoms with E-state index in [1.807, 2.05) is 30.3 Å². The van der Waals surface area contributed by atoms with Crippen molar-refractivity contribution < 1.29 is 19.1 Å². The highest BCUT2D eigenvalue weighted by atomic mass is 16.4. The number of aromatic carboxylic acids is 1. The molecule has 0 radical (unpaired) electrons. The zero-order chi connectivity index (χ0) is 18.7. The Hall–Kier alpha value is -3.08. The topological polar surface area (TPSA) is 79.5 Å². The summed E-state index contributed by atoms with van der Waals surface area (Å²) in [6, 6.07) is 16.2. The van der Waals surface area contributed by atoms with Crippen LogP contribution in [0, 0.1) is 5.92 Å². The van der Waals surface area contributed by atoms with E-state index < -0.39 is 5.97 Å². The number of carboxylic acids is 1. The molecule has 2 aromatic carbocycles. The Morgan fingerprint density at radius 2 is 1.81 bits per heavy atom. The maximum Gasteiger partial charge on any atom is 0.371 e. The second-order valence-electron chi connectivity index (χ2n) is 6.71. The maximum atomic E-state index is 12.9. The summed E-state index contributed by atoms with van der Waals surface area (Å²) in [4.78, 5) is 24.0. The van der Waals surface area contributed by atoms with Crippen LogP contribution in [0.4, 0.5) is 0 Å². The molecule has 0 saturated heterocycles. The summed E-state index contributed by atoms with van der Waals surface area (Å²) in [6.45, 7) is 4.21. The average molecular weight is 351 g/mol. The maximum absolute atomic E-state index is 12.9. The number of rotatable bonds is 6. The van der Waals surface area contributed by atoms with Gasteiger partial charge in [-0.3, -0.25) is 4.79 Å². The predicted molar refractivity (Wildman–Crippen MR) is 99.3 cm³/mol. The molecule has 3 aromatic rings. The van der Waals surface area contributed by atoms with Gasteiger partial charge in [0.15, 0.2) is 0 Å². The molecule has 0 fully saturated rings. The second kappa shape index (κ2) is 7.44. The first-order valence-corrected chi connectivity index (χ1v) is 8.57. The first kappa shape index (κ1) is 17.7. The highest BCUT2D eigenvalue weighted by Crippen LogP contribution is 2.26. The molecule has 5 heteroatoms. The van der Waals surface area contributed by atoms with Crippen molar-refractivity contribution in [2.75, 3.05) is 0 Å². The van der Waals surface area contributed by atoms with E-state index in [1.54, 1.807) is 18.2 Å². The number of hydrogen-bond donors (Lipinski definition) is 2. The number of amides is 1. The van der Waals surface area contributed by atoms with Crippen LogP contribution in [-0.2, 0) is 0 Å². The lowest BCUT2D eigenvalue weighted by Gasteiger charge is -2.21. The van der Waals surface area contributed by atoms with Gasteiger partial charge >= 0.3 is 5.97 Å². The molecule has 1 amide bonds. The normalized spacial score (nSPS) is 12.3. The smallest absolute Gasteiger partial charge is 0.371 e. The summed E-state index contributed by atoms with van der Waals surface area (Å²) in [5.41, 5.74) is 1.66. The Bertz CT molecular complexity index is 928. The van der Waals surface area contributed by atoms with Crippen LogP contribution in [0.3, 0.4) is 0 Å². The van der Waals surface area contributed by atoms with Crippen molar-refractivity contribution in [1.29, 1.82) is 0 Å². The van der Waals surface area contributed by atoms with Gasteiger partial charge < -0.3 is 14.8 Å². The number of para-hydroxylation sites is 1. The van der Waals surface area contributed by atoms with E-state index in [2.05, 4.69) is 19.2 Å². The van der Waals surface area contributed by atoms with E-state index in [-0.39, 0.29) is 17.7 Å². The van der Waals surface area contributed by atoms with Crippen molar-refractivity contribution in [3.63, 3.8) is 0 Å². The summed E-state index contributed by atoms with van der Waals surface area (Å²) < 4.78 is 5.39. The SMILES string of the molecule is CC(C)CC(NC(=O)c1cccc2cc(C(=O)O)oc12)c1ccccc1. The van der Waals surface area contributed by atoms with Gasteiger partial charge in [0.05, 0.1) is 11.6 Å². The van der Waals surface area contributed by atoms with Gasteiger partial charge in [0, 0.05) is 5.39 Å². The average Bonchev–Trinajstić information content (AvgIpc) is 3.06. The Labute approximate surface area is 151 Å². The molecule has 1 atom stereocenters. The van der Waals surface area contributed by atoms with Gasteiger partial charge in [-0.15, -0.1) is 0 Å². The van der Waals surface area contributed by atoms with Crippen LogP contribution in [0.25, 0.3) is 11.0 Å². The highest BCUT2D eigenvalue weighted by molar-refractivity contribution is 6.06. The molecular formula is C21H21NO4. The fraction of sp³-hybridized carbons (Fsp3) is 0.238. The van der Waals surface area contributed by atoms with Crippen molar-refractivity contribution in [2.45, 2.75) is 26.3 Å². The molecule has 0 saturated carbocycles. The molecule has 134 valence electrons. The van der Waals surface area contributed by atoms with Gasteiger partial charge in [-0.25, -0.2) is 4.79 Å². The molecule has 0 bridgehead atoms. The Morgan fingerprint density at radius 1 is 1.08 bits per heavy atom. The van der Waals surface area contributed by atoms with Crippen LogP contribution in [0.2, 0.25) is 0 Å². The minimum absolute atomic E-state index is 0.132. The summed E-state index contributed by atoms with van der Waals surface area (Å²) in [5.74, 6) is -1.22. The van der Waals surface area contributed by atoms with Gasteiger partial charge in [-0.05, 0) is 30.0 Å². The Kier molecular flexibility index (Phi) is 5.07. The first-order chi connectivity index (χ1) is 12.5. The Morgan fingerprint density at radius 3 is 2.46 bits per heavy atom. The molecule has 3 rings (SSSR count). The van der Waals surface area contributed by atoms with E-state index >= 15 is 0 Å². The van der Waals surface area contributed by atoms with Crippen LogP contribution >= 0.6 is 0 Å². The summed E-state index contributed by atoms with van der Waals surface area (Å²) in [5, 5.41) is 12.8. The van der Waals surface area contributed by atoms with E-state index in [1.165, 1.54) is 6.07 Å². The van der Waals surface area contributed by atoms with Gasteiger partial charge in [0.2, 0.25) is 5.76 Å². The number of nitrogens with one attached hydrogen (secondary N) is 1. The number of hydrogen-bond acceptors (Lipinski definition) is 3. The van der Waals surface area contributed by atoms with E-state index in [4.69, 9.17) is 9.52 Å². The third-order valence-electron chi connectivity index (χ3n) is 4.21. The van der Waals surface area contributed by atoms with Crippen LogP contribution < -0.4 is 5.32 Å². The molecule has 5 nitrogen and oxygen atoms in total. The number of benzene rings is 2. The summed E-state index contributed by atoms with van der Waals surface area (Å²) >= 11 is 0. The minimum Gasteiger partial charge on any atom is -0.475 e. The molecular weight excluding hydrogens is 330 g/mol. The van der Waals surface area contributed by atoms with Crippen molar-refractivity contribution in [2.24, 2.45) is 5.92 Å². The summed E-state index contributed by atoms with van der Waals surface area (Å²) in [7, 11) is 0. The standard InChI is InChI=1S/C21H21NO4/c1-13(2)11-17(14-7-4-3-5-8-14)22-20(23)16-10-6-9-15-12-18(21(24)25)26-19(15)16/h3-10,12-13,17H,11H2,1-2H3,(H,22,23)(H,24,25). The third-order valence-corrected chi connectivity index (χ3v) is 4.21. The van der Waals surface area contributed by atoms with Crippen LogP contribution in [0.5, 0.6) is 0 Å². The van der Waals surface area contributed by atoms with Crippen LogP contribution in [0.1, 0.15) is 52.8 Å². The highest BCUT2D eigenvalue weighted by Gasteiger charge is 2.21. The zero-order valence-corrected chi connectivity index (χ0v) is 14.7. The lowest BCUT2D eigenvalue weighted by atomic mass is 9.96. The molecule has 1 unspecified atom stereocenters. The molecule has 0 aliphatic carbocycles. The van der Waals surface area contributed by atoms with Crippen LogP contribution in [-0.4, -0.2) is 17.0 Å². The van der Waals surface area contributed by atoms with Crippen molar-refractivity contribution in [3.05, 3.63) is 71.5 Å². The summed E-state index contributed by atoms with van der Waals surface area (Å²) in [6.07, 6.45) is 0.796. The lowest BCUT2D eigenvalue weighted by molar-refractivity contribution is 0.0664. The fourth-order valence-electron chi connectivity index (χ4n) is 3.02. The fourth-order valence-corrected chi connectivity index (χ4v) is 3.02. The molecule has 2 N–H and O–H groups in total. The van der Waals surface area contributed by atoms with Gasteiger partial charge in [0.25, 0.3) is 5.91 Å². The minimum atomic E-state index is -1.16. The number of carbonyl (C=O) groups is 2. The molecule has 1 aromatic heterocycles. The van der Waals surface area contributed by atoms with E-state index in [0.717, 1.165) is 12.0 Å². The van der Waals surface area contributed by atoms with E-state index in [9.17, 15) is 9.59 Å². The van der Waals surface area contributed by atoms with Gasteiger partial charge in [-0.1, -0.05) is 56.3 Å². The zero-order valence-electron chi connectivity index (χ0n) is 14.7.